The molecule has 6 nitrogen and oxygen atoms in total. The molecule has 0 aliphatic rings. The summed E-state index contributed by atoms with van der Waals surface area (Å²) in [4.78, 5) is 15.9. The smallest absolute Gasteiger partial charge is 0.287 e. The van der Waals surface area contributed by atoms with E-state index in [1.165, 1.54) is 17.8 Å². The second kappa shape index (κ2) is 6.93. The number of hydrogen-bond acceptors (Lipinski definition) is 5. The van der Waals surface area contributed by atoms with Crippen LogP contribution in [0.25, 0.3) is 0 Å². The summed E-state index contributed by atoms with van der Waals surface area (Å²) < 4.78 is 33.1. The molecule has 0 saturated carbocycles. The fraction of sp³-hybridized carbons (Fsp3) is 0.385. The van der Waals surface area contributed by atoms with Crippen molar-refractivity contribution in [1.29, 1.82) is 0 Å². The highest BCUT2D eigenvalue weighted by molar-refractivity contribution is 7.98. The molecule has 9 heteroatoms. The van der Waals surface area contributed by atoms with E-state index in [0.717, 1.165) is 5.16 Å². The largest absolute Gasteiger partial charge is 0.455 e. The Morgan fingerprint density at radius 3 is 2.95 bits per heavy atom. The van der Waals surface area contributed by atoms with Crippen LogP contribution in [0, 0.1) is 0 Å². The highest BCUT2D eigenvalue weighted by atomic mass is 32.2. The van der Waals surface area contributed by atoms with Crippen molar-refractivity contribution in [2.45, 2.75) is 16.8 Å². The number of carbonyl (C=O) groups excluding carboxylic acids is 1. The Morgan fingerprint density at radius 1 is 1.55 bits per heavy atom. The van der Waals surface area contributed by atoms with Crippen molar-refractivity contribution in [3.05, 3.63) is 36.0 Å². The summed E-state index contributed by atoms with van der Waals surface area (Å²) in [5.41, 5.74) is 4.90. The SMILES string of the molecule is Cn1ccnc1SCc1ccc(C(=O)NCC(F)(F)CN)o1. The molecular formula is C13H16F2N4O2S. The number of furan rings is 1. The Hall–Kier alpha value is -1.87. The molecule has 0 spiro atoms. The van der Waals surface area contributed by atoms with Crippen molar-refractivity contribution < 1.29 is 18.0 Å². The number of aryl methyl sites for hydroxylation is 1. The van der Waals surface area contributed by atoms with Crippen molar-refractivity contribution >= 4 is 17.7 Å². The van der Waals surface area contributed by atoms with Crippen LogP contribution in [0.3, 0.4) is 0 Å². The highest BCUT2D eigenvalue weighted by Crippen LogP contribution is 2.22. The van der Waals surface area contributed by atoms with Crippen LogP contribution >= 0.6 is 11.8 Å². The van der Waals surface area contributed by atoms with Crippen LogP contribution in [0.15, 0.2) is 34.1 Å². The maximum atomic E-state index is 13.0. The van der Waals surface area contributed by atoms with Gasteiger partial charge in [0.05, 0.1) is 18.8 Å². The number of nitrogens with zero attached hydrogens (tertiary/aromatic N) is 2. The lowest BCUT2D eigenvalue weighted by Crippen LogP contribution is -2.41. The van der Waals surface area contributed by atoms with E-state index in [9.17, 15) is 13.6 Å². The number of hydrogen-bond donors (Lipinski definition) is 2. The summed E-state index contributed by atoms with van der Waals surface area (Å²) in [6, 6.07) is 3.08. The van der Waals surface area contributed by atoms with Crippen molar-refractivity contribution in [2.75, 3.05) is 13.1 Å². The molecule has 0 aliphatic carbocycles. The Balaban J connectivity index is 1.88. The number of imidazole rings is 1. The number of nitrogens with two attached hydrogens (primary N) is 1. The molecule has 3 N–H and O–H groups in total. The number of carbonyl (C=O) groups is 1. The van der Waals surface area contributed by atoms with Crippen LogP contribution < -0.4 is 11.1 Å². The Kier molecular flexibility index (Phi) is 5.19. The number of thioether (sulfide) groups is 1. The molecule has 0 bridgehead atoms. The van der Waals surface area contributed by atoms with Gasteiger partial charge < -0.3 is 20.0 Å². The van der Waals surface area contributed by atoms with Crippen LogP contribution in [-0.2, 0) is 12.8 Å². The lowest BCUT2D eigenvalue weighted by Gasteiger charge is -2.13. The topological polar surface area (TPSA) is 86.1 Å². The van der Waals surface area contributed by atoms with Gasteiger partial charge in [0.2, 0.25) is 0 Å². The van der Waals surface area contributed by atoms with E-state index in [4.69, 9.17) is 10.2 Å². The number of amides is 1. The van der Waals surface area contributed by atoms with E-state index in [-0.39, 0.29) is 5.76 Å². The summed E-state index contributed by atoms with van der Waals surface area (Å²) in [5, 5.41) is 2.91. The molecule has 2 rings (SSSR count). The molecule has 120 valence electrons. The van der Waals surface area contributed by atoms with E-state index in [1.54, 1.807) is 12.3 Å². The lowest BCUT2D eigenvalue weighted by molar-refractivity contribution is 0.0115. The Labute approximate surface area is 130 Å². The first-order chi connectivity index (χ1) is 10.4. The van der Waals surface area contributed by atoms with E-state index >= 15 is 0 Å². The molecule has 0 aromatic carbocycles. The predicted octanol–water partition coefficient (Wildman–Crippen LogP) is 1.63. The zero-order valence-electron chi connectivity index (χ0n) is 11.9. The third-order valence-electron chi connectivity index (χ3n) is 2.81. The molecule has 0 unspecified atom stereocenters. The van der Waals surface area contributed by atoms with E-state index in [1.807, 2.05) is 17.8 Å². The first kappa shape index (κ1) is 16.5. The van der Waals surface area contributed by atoms with Gasteiger partial charge in [-0.15, -0.1) is 0 Å². The molecule has 0 fully saturated rings. The molecule has 0 saturated heterocycles. The van der Waals surface area contributed by atoms with Gasteiger partial charge in [-0.25, -0.2) is 13.8 Å². The number of rotatable bonds is 7. The normalized spacial score (nSPS) is 11.6. The quantitative estimate of drug-likeness (QED) is 0.754. The minimum Gasteiger partial charge on any atom is -0.455 e. The van der Waals surface area contributed by atoms with E-state index in [2.05, 4.69) is 10.3 Å². The average Bonchev–Trinajstić information content (AvgIpc) is 3.12. The van der Waals surface area contributed by atoms with E-state index in [0.29, 0.717) is 11.5 Å². The first-order valence-electron chi connectivity index (χ1n) is 6.46. The summed E-state index contributed by atoms with van der Waals surface area (Å²) >= 11 is 1.44. The van der Waals surface area contributed by atoms with Crippen LogP contribution in [0.5, 0.6) is 0 Å². The molecule has 2 heterocycles. The van der Waals surface area contributed by atoms with Gasteiger partial charge in [0.15, 0.2) is 10.9 Å². The molecular weight excluding hydrogens is 314 g/mol. The summed E-state index contributed by atoms with van der Waals surface area (Å²) in [7, 11) is 1.87. The van der Waals surface area contributed by atoms with Gasteiger partial charge in [0.25, 0.3) is 11.8 Å². The number of aromatic nitrogens is 2. The van der Waals surface area contributed by atoms with Crippen molar-refractivity contribution in [2.24, 2.45) is 12.8 Å². The van der Waals surface area contributed by atoms with Gasteiger partial charge >= 0.3 is 0 Å². The molecule has 2 aromatic rings. The molecule has 0 radical (unpaired) electrons. The minimum atomic E-state index is -3.13. The average molecular weight is 330 g/mol. The third-order valence-corrected chi connectivity index (χ3v) is 3.89. The number of alkyl halides is 2. The summed E-state index contributed by atoms with van der Waals surface area (Å²) in [5.74, 6) is -2.79. The molecule has 0 atom stereocenters. The first-order valence-corrected chi connectivity index (χ1v) is 7.45. The van der Waals surface area contributed by atoms with Crippen LogP contribution in [0.2, 0.25) is 0 Å². The fourth-order valence-electron chi connectivity index (χ4n) is 1.57. The van der Waals surface area contributed by atoms with Crippen LogP contribution in [0.4, 0.5) is 8.78 Å². The predicted molar refractivity (Wildman–Crippen MR) is 77.8 cm³/mol. The zero-order chi connectivity index (χ0) is 16.2. The molecule has 0 aliphatic heterocycles. The zero-order valence-corrected chi connectivity index (χ0v) is 12.7. The molecule has 22 heavy (non-hydrogen) atoms. The number of nitrogens with one attached hydrogen (secondary N) is 1. The molecule has 1 amide bonds. The second-order valence-corrected chi connectivity index (χ2v) is 5.56. The Morgan fingerprint density at radius 2 is 2.32 bits per heavy atom. The molecule has 2 aromatic heterocycles. The Bertz CT molecular complexity index is 642. The van der Waals surface area contributed by atoms with Gasteiger partial charge in [0, 0.05) is 19.4 Å². The maximum absolute atomic E-state index is 13.0. The second-order valence-electron chi connectivity index (χ2n) is 4.62. The van der Waals surface area contributed by atoms with Gasteiger partial charge in [-0.3, -0.25) is 4.79 Å². The summed E-state index contributed by atoms with van der Waals surface area (Å²) in [6.45, 7) is -1.64. The van der Waals surface area contributed by atoms with Crippen molar-refractivity contribution in [3.63, 3.8) is 0 Å². The van der Waals surface area contributed by atoms with Crippen molar-refractivity contribution in [1.82, 2.24) is 14.9 Å². The van der Waals surface area contributed by atoms with E-state index < -0.39 is 24.9 Å². The van der Waals surface area contributed by atoms with Gasteiger partial charge in [0.1, 0.15) is 5.76 Å². The number of halogens is 2. The highest BCUT2D eigenvalue weighted by Gasteiger charge is 2.27. The minimum absolute atomic E-state index is 0.0109. The maximum Gasteiger partial charge on any atom is 0.287 e. The monoisotopic (exact) mass is 330 g/mol. The van der Waals surface area contributed by atoms with Gasteiger partial charge in [-0.2, -0.15) is 0 Å². The van der Waals surface area contributed by atoms with Gasteiger partial charge in [-0.1, -0.05) is 11.8 Å². The fourth-order valence-corrected chi connectivity index (χ4v) is 2.40. The standard InChI is InChI=1S/C13H16F2N4O2S/c1-19-5-4-17-12(19)22-6-9-2-3-10(21-9)11(20)18-8-13(14,15)7-16/h2-5H,6-8,16H2,1H3,(H,18,20). The summed E-state index contributed by atoms with van der Waals surface area (Å²) in [6.07, 6.45) is 3.50. The van der Waals surface area contributed by atoms with Crippen LogP contribution in [-0.4, -0.2) is 34.5 Å². The van der Waals surface area contributed by atoms with Crippen LogP contribution in [0.1, 0.15) is 16.3 Å². The lowest BCUT2D eigenvalue weighted by atomic mass is 10.3. The van der Waals surface area contributed by atoms with Gasteiger partial charge in [-0.05, 0) is 12.1 Å². The third kappa shape index (κ3) is 4.31. The van der Waals surface area contributed by atoms with Crippen molar-refractivity contribution in [3.8, 4) is 0 Å².